The predicted molar refractivity (Wildman–Crippen MR) is 79.6 cm³/mol. The molecule has 11 heteroatoms. The lowest BCUT2D eigenvalue weighted by atomic mass is 10.0. The zero-order valence-electron chi connectivity index (χ0n) is 14.1. The van der Waals surface area contributed by atoms with Gasteiger partial charge in [0.25, 0.3) is 5.91 Å². The van der Waals surface area contributed by atoms with Crippen molar-refractivity contribution < 1.29 is 45.5 Å². The van der Waals surface area contributed by atoms with Gasteiger partial charge in [0.15, 0.2) is 0 Å². The van der Waals surface area contributed by atoms with E-state index in [9.17, 15) is 40.7 Å². The molecule has 0 aromatic heterocycles. The van der Waals surface area contributed by atoms with Crippen LogP contribution in [0.5, 0.6) is 0 Å². The third-order valence-corrected chi connectivity index (χ3v) is 3.43. The fourth-order valence-corrected chi connectivity index (χ4v) is 2.07. The average molecular weight is 399 g/mol. The Labute approximate surface area is 149 Å². The molecule has 1 atom stereocenters. The molecule has 0 heterocycles. The number of hydrogen-bond acceptors (Lipinski definition) is 4. The van der Waals surface area contributed by atoms with Crippen molar-refractivity contribution in [3.05, 3.63) is 34.9 Å². The maximum Gasteiger partial charge on any atom is 0.416 e. The maximum atomic E-state index is 12.8. The quantitative estimate of drug-likeness (QED) is 0.588. The van der Waals surface area contributed by atoms with Gasteiger partial charge < -0.3 is 14.8 Å². The summed E-state index contributed by atoms with van der Waals surface area (Å²) in [6.45, 7) is 1.21. The number of amides is 1. The summed E-state index contributed by atoms with van der Waals surface area (Å²) in [4.78, 5) is 34.8. The van der Waals surface area contributed by atoms with Gasteiger partial charge in [-0.05, 0) is 31.5 Å². The number of hydrogen-bond donors (Lipinski definition) is 1. The Bertz CT molecular complexity index is 694. The molecule has 0 spiro atoms. The molecule has 0 fully saturated rings. The molecular formula is C16H15F6NO4. The van der Waals surface area contributed by atoms with Crippen molar-refractivity contribution in [1.82, 2.24) is 5.32 Å². The number of ether oxygens (including phenoxy) is 1. The van der Waals surface area contributed by atoms with Crippen molar-refractivity contribution in [3.8, 4) is 0 Å². The van der Waals surface area contributed by atoms with Gasteiger partial charge in [-0.3, -0.25) is 4.79 Å². The molecule has 5 nitrogen and oxygen atoms in total. The van der Waals surface area contributed by atoms with Crippen molar-refractivity contribution in [2.24, 2.45) is 0 Å². The predicted octanol–water partition coefficient (Wildman–Crippen LogP) is 3.36. The zero-order chi connectivity index (χ0) is 21.0. The zero-order valence-corrected chi connectivity index (χ0v) is 14.1. The van der Waals surface area contributed by atoms with E-state index in [0.29, 0.717) is 0 Å². The van der Waals surface area contributed by atoms with E-state index in [1.54, 1.807) is 0 Å². The van der Waals surface area contributed by atoms with Gasteiger partial charge in [0.2, 0.25) is 0 Å². The summed E-state index contributed by atoms with van der Waals surface area (Å²) >= 11 is 0. The van der Waals surface area contributed by atoms with E-state index < -0.39 is 47.0 Å². The summed E-state index contributed by atoms with van der Waals surface area (Å²) in [6, 6.07) is -1.05. The standard InChI is InChI=1S/C16H15F6NO4/c1-8(24)3-4-12(14(26)27-2)23-13(25)9-5-10(15(17,18)19)7-11(6-9)16(20,21)22/h5-7,12H,3-4H2,1-2H3,(H,23,25)/t12-/m1/s1. The maximum absolute atomic E-state index is 12.8. The number of ketones is 1. The molecule has 1 amide bonds. The minimum absolute atomic E-state index is 0.121. The molecule has 0 aliphatic rings. The van der Waals surface area contributed by atoms with Gasteiger partial charge in [0, 0.05) is 12.0 Å². The van der Waals surface area contributed by atoms with E-state index in [4.69, 9.17) is 0 Å². The van der Waals surface area contributed by atoms with E-state index in [1.165, 1.54) is 6.92 Å². The molecule has 1 N–H and O–H groups in total. The SMILES string of the molecule is COC(=O)[C@@H](CCC(C)=O)NC(=O)c1cc(C(F)(F)F)cc(C(F)(F)F)c1. The molecule has 1 aromatic rings. The number of rotatable bonds is 6. The monoisotopic (exact) mass is 399 g/mol. The molecule has 0 bridgehead atoms. The summed E-state index contributed by atoms with van der Waals surface area (Å²) in [5.41, 5.74) is -4.27. The van der Waals surface area contributed by atoms with Crippen molar-refractivity contribution in [2.75, 3.05) is 7.11 Å². The van der Waals surface area contributed by atoms with Crippen LogP contribution in [-0.4, -0.2) is 30.8 Å². The second-order valence-corrected chi connectivity index (χ2v) is 5.58. The lowest BCUT2D eigenvalue weighted by Gasteiger charge is -2.18. The van der Waals surface area contributed by atoms with E-state index >= 15 is 0 Å². The van der Waals surface area contributed by atoms with Gasteiger partial charge in [0.1, 0.15) is 11.8 Å². The van der Waals surface area contributed by atoms with E-state index in [0.717, 1.165) is 7.11 Å². The summed E-state index contributed by atoms with van der Waals surface area (Å²) in [5.74, 6) is -2.67. The van der Waals surface area contributed by atoms with Crippen molar-refractivity contribution in [3.63, 3.8) is 0 Å². The highest BCUT2D eigenvalue weighted by Crippen LogP contribution is 2.36. The summed E-state index contributed by atoms with van der Waals surface area (Å²) in [6.07, 6.45) is -10.6. The first kappa shape index (κ1) is 22.5. The van der Waals surface area contributed by atoms with Gasteiger partial charge >= 0.3 is 18.3 Å². The second-order valence-electron chi connectivity index (χ2n) is 5.58. The molecule has 0 saturated carbocycles. The Balaban J connectivity index is 3.23. The third kappa shape index (κ3) is 6.57. The van der Waals surface area contributed by atoms with Crippen LogP contribution in [0, 0.1) is 0 Å². The topological polar surface area (TPSA) is 72.5 Å². The number of alkyl halides is 6. The average Bonchev–Trinajstić information content (AvgIpc) is 2.55. The van der Waals surface area contributed by atoms with Crippen LogP contribution in [0.4, 0.5) is 26.3 Å². The van der Waals surface area contributed by atoms with E-state index in [-0.39, 0.29) is 36.8 Å². The van der Waals surface area contributed by atoms with Gasteiger partial charge in [-0.25, -0.2) is 4.79 Å². The normalized spacial score (nSPS) is 13.0. The highest BCUT2D eigenvalue weighted by Gasteiger charge is 2.37. The van der Waals surface area contributed by atoms with Crippen LogP contribution >= 0.6 is 0 Å². The number of esters is 1. The minimum Gasteiger partial charge on any atom is -0.467 e. The van der Waals surface area contributed by atoms with E-state index in [2.05, 4.69) is 4.74 Å². The molecular weight excluding hydrogens is 384 g/mol. The molecule has 0 aliphatic heterocycles. The second kappa shape index (κ2) is 8.40. The molecule has 1 rings (SSSR count). The first-order chi connectivity index (χ1) is 12.3. The fraction of sp³-hybridized carbons (Fsp3) is 0.438. The molecule has 0 aliphatic carbocycles. The fourth-order valence-electron chi connectivity index (χ4n) is 2.07. The molecule has 150 valence electrons. The summed E-state index contributed by atoms with van der Waals surface area (Å²) < 4.78 is 81.5. The lowest BCUT2D eigenvalue weighted by molar-refractivity contribution is -0.144. The van der Waals surface area contributed by atoms with Crippen molar-refractivity contribution >= 4 is 17.7 Å². The smallest absolute Gasteiger partial charge is 0.416 e. The third-order valence-electron chi connectivity index (χ3n) is 3.43. The lowest BCUT2D eigenvalue weighted by Crippen LogP contribution is -2.42. The number of Topliss-reactive ketones (excluding diaryl/α,β-unsaturated/α-hetero) is 1. The largest absolute Gasteiger partial charge is 0.467 e. The number of methoxy groups -OCH3 is 1. The van der Waals surface area contributed by atoms with Gasteiger partial charge in [0.05, 0.1) is 18.2 Å². The highest BCUT2D eigenvalue weighted by molar-refractivity contribution is 5.97. The van der Waals surface area contributed by atoms with Crippen LogP contribution in [0.1, 0.15) is 41.3 Å². The first-order valence-corrected chi connectivity index (χ1v) is 7.43. The number of nitrogens with one attached hydrogen (secondary N) is 1. The summed E-state index contributed by atoms with van der Waals surface area (Å²) in [5, 5.41) is 2.00. The number of halogens is 6. The van der Waals surface area contributed by atoms with Crippen LogP contribution < -0.4 is 5.32 Å². The Morgan fingerprint density at radius 3 is 1.85 bits per heavy atom. The van der Waals surface area contributed by atoms with Crippen molar-refractivity contribution in [1.29, 1.82) is 0 Å². The first-order valence-electron chi connectivity index (χ1n) is 7.43. The van der Waals surface area contributed by atoms with Crippen LogP contribution in [0.25, 0.3) is 0 Å². The van der Waals surface area contributed by atoms with Crippen LogP contribution in [0.2, 0.25) is 0 Å². The van der Waals surface area contributed by atoms with Gasteiger partial charge in [-0.15, -0.1) is 0 Å². The Kier molecular flexibility index (Phi) is 6.99. The highest BCUT2D eigenvalue weighted by atomic mass is 19.4. The molecule has 0 unspecified atom stereocenters. The Hall–Kier alpha value is -2.59. The van der Waals surface area contributed by atoms with Crippen LogP contribution in [-0.2, 0) is 26.7 Å². The minimum atomic E-state index is -5.12. The van der Waals surface area contributed by atoms with Gasteiger partial charge in [-0.2, -0.15) is 26.3 Å². The van der Waals surface area contributed by atoms with E-state index in [1.807, 2.05) is 5.32 Å². The Morgan fingerprint density at radius 1 is 1.00 bits per heavy atom. The molecule has 27 heavy (non-hydrogen) atoms. The van der Waals surface area contributed by atoms with Crippen molar-refractivity contribution in [2.45, 2.75) is 38.2 Å². The Morgan fingerprint density at radius 2 is 1.48 bits per heavy atom. The number of carbonyl (C=O) groups excluding carboxylic acids is 3. The van der Waals surface area contributed by atoms with Gasteiger partial charge in [-0.1, -0.05) is 0 Å². The summed E-state index contributed by atoms with van der Waals surface area (Å²) in [7, 11) is 0.974. The molecule has 0 saturated heterocycles. The number of carbonyl (C=O) groups is 3. The number of benzene rings is 1. The van der Waals surface area contributed by atoms with Crippen LogP contribution in [0.3, 0.4) is 0 Å². The molecule has 0 radical (unpaired) electrons. The van der Waals surface area contributed by atoms with Crippen LogP contribution in [0.15, 0.2) is 18.2 Å². The molecule has 1 aromatic carbocycles.